The Kier molecular flexibility index (Phi) is 12.1. The van der Waals surface area contributed by atoms with Gasteiger partial charge in [-0.25, -0.2) is 14.4 Å². The monoisotopic (exact) mass is 586 g/mol. The topological polar surface area (TPSA) is 118 Å². The van der Waals surface area contributed by atoms with Gasteiger partial charge in [-0.15, -0.1) is 0 Å². The van der Waals surface area contributed by atoms with E-state index in [0.29, 0.717) is 22.2 Å². The Labute approximate surface area is 237 Å². The second kappa shape index (κ2) is 14.8. The van der Waals surface area contributed by atoms with Gasteiger partial charge in [-0.1, -0.05) is 30.3 Å². The molecule has 228 valence electrons. The van der Waals surface area contributed by atoms with Gasteiger partial charge in [0.25, 0.3) is 5.91 Å². The van der Waals surface area contributed by atoms with Crippen LogP contribution in [0.1, 0.15) is 53.0 Å². The number of rotatable bonds is 14. The van der Waals surface area contributed by atoms with Crippen LogP contribution in [-0.4, -0.2) is 83.1 Å². The van der Waals surface area contributed by atoms with E-state index < -0.39 is 61.2 Å². The van der Waals surface area contributed by atoms with Crippen LogP contribution in [0.15, 0.2) is 36.4 Å². The third-order valence-corrected chi connectivity index (χ3v) is 5.89. The van der Waals surface area contributed by atoms with Gasteiger partial charge in [0.05, 0.1) is 6.61 Å². The fourth-order valence-corrected chi connectivity index (χ4v) is 3.90. The number of alkyl halides is 3. The Hall–Kier alpha value is -3.65. The van der Waals surface area contributed by atoms with Crippen molar-refractivity contribution in [2.45, 2.75) is 71.8 Å². The van der Waals surface area contributed by atoms with E-state index >= 15 is 0 Å². The Morgan fingerprint density at radius 3 is 2.32 bits per heavy atom. The Morgan fingerprint density at radius 2 is 1.76 bits per heavy atom. The maximum atomic E-state index is 13.2. The fourth-order valence-electron chi connectivity index (χ4n) is 3.90. The normalized spacial score (nSPS) is 16.8. The lowest BCUT2D eigenvalue weighted by Gasteiger charge is -2.44. The van der Waals surface area contributed by atoms with E-state index in [4.69, 9.17) is 14.3 Å². The average molecular weight is 587 g/mol. The number of likely N-dealkylation sites (N-methyl/N-ethyl adjacent to an activating group) is 1. The number of ether oxygens (including phenoxy) is 2. The second-order valence-corrected chi connectivity index (χ2v) is 9.51. The number of imide groups is 1. The summed E-state index contributed by atoms with van der Waals surface area (Å²) < 4.78 is 48.9. The molecule has 1 atom stereocenters. The Morgan fingerprint density at radius 1 is 1.10 bits per heavy atom. The number of hydrogen-bond donors (Lipinski definition) is 1. The van der Waals surface area contributed by atoms with E-state index in [0.717, 1.165) is 11.6 Å². The lowest BCUT2D eigenvalue weighted by molar-refractivity contribution is -0.257. The third kappa shape index (κ3) is 9.74. The maximum Gasteiger partial charge on any atom is 0.389 e. The van der Waals surface area contributed by atoms with Gasteiger partial charge >= 0.3 is 24.1 Å². The van der Waals surface area contributed by atoms with Crippen LogP contribution in [0.25, 0.3) is 0 Å². The van der Waals surface area contributed by atoms with Gasteiger partial charge < -0.3 is 14.3 Å². The molecule has 0 aromatic heterocycles. The van der Waals surface area contributed by atoms with Crippen molar-refractivity contribution in [1.82, 2.24) is 20.4 Å². The summed E-state index contributed by atoms with van der Waals surface area (Å²) >= 11 is 0. The molecule has 0 saturated carbocycles. The summed E-state index contributed by atoms with van der Waals surface area (Å²) in [7, 11) is 0. The predicted molar refractivity (Wildman–Crippen MR) is 141 cm³/mol. The van der Waals surface area contributed by atoms with Crippen molar-refractivity contribution in [3.63, 3.8) is 0 Å². The summed E-state index contributed by atoms with van der Waals surface area (Å²) in [6.45, 7) is 8.10. The largest absolute Gasteiger partial charge is 0.476 e. The number of urea groups is 1. The van der Waals surface area contributed by atoms with E-state index in [9.17, 15) is 32.3 Å². The highest BCUT2D eigenvalue weighted by Gasteiger charge is 2.46. The molecule has 1 aromatic carbocycles. The van der Waals surface area contributed by atoms with Crippen LogP contribution in [0.3, 0.4) is 0 Å². The van der Waals surface area contributed by atoms with Crippen molar-refractivity contribution in [3.8, 4) is 5.75 Å². The second-order valence-electron chi connectivity index (χ2n) is 9.51. The lowest BCUT2D eigenvalue weighted by atomic mass is 10.1. The fraction of sp³-hybridized carbons (Fsp3) is 0.556. The number of allylic oxidation sites excluding steroid dienone is 1. The van der Waals surface area contributed by atoms with Crippen molar-refractivity contribution in [2.75, 3.05) is 26.2 Å². The molecule has 1 fully saturated rings. The molecule has 2 rings (SSSR count). The van der Waals surface area contributed by atoms with E-state index in [-0.39, 0.29) is 19.7 Å². The number of nitrogens with zero attached hydrogens (tertiary/aromatic N) is 3. The molecular formula is C27H37F3N4O7. The summed E-state index contributed by atoms with van der Waals surface area (Å²) in [6.07, 6.45) is -4.45. The first-order valence-electron chi connectivity index (χ1n) is 13.3. The number of esters is 1. The van der Waals surface area contributed by atoms with Crippen molar-refractivity contribution < 1.29 is 46.7 Å². The van der Waals surface area contributed by atoms with Crippen LogP contribution >= 0.6 is 0 Å². The molecule has 1 heterocycles. The average Bonchev–Trinajstić information content (AvgIpc) is 2.89. The first-order valence-corrected chi connectivity index (χ1v) is 13.3. The summed E-state index contributed by atoms with van der Waals surface area (Å²) in [5, 5.41) is 4.81. The summed E-state index contributed by atoms with van der Waals surface area (Å²) in [5.41, 5.74) is -0.338. The summed E-state index contributed by atoms with van der Waals surface area (Å²) in [6, 6.07) is 5.86. The highest BCUT2D eigenvalue weighted by Crippen LogP contribution is 2.24. The number of amides is 3. The molecule has 0 bridgehead atoms. The van der Waals surface area contributed by atoms with Gasteiger partial charge in [0.2, 0.25) is 0 Å². The number of hydrogen-bond acceptors (Lipinski definition) is 9. The van der Waals surface area contributed by atoms with Crippen molar-refractivity contribution >= 4 is 23.9 Å². The standard InChI is InChI=1S/C27H37F3N4O7/c1-6-10-21(35)41-34-25(38)32(18-9-16-27(28,29)30)23(36)22(33(34)7-2)31-17-15-19-11-13-20(14-12-19)40-26(4,5)24(37)39-8-3/h6,10-14,22,31H,7-9,15-18H2,1-5H3. The first-order chi connectivity index (χ1) is 19.2. The number of hydroxylamine groups is 1. The lowest BCUT2D eigenvalue weighted by Crippen LogP contribution is -2.70. The number of hydrazine groups is 1. The molecule has 1 N–H and O–H groups in total. The zero-order chi connectivity index (χ0) is 30.8. The summed E-state index contributed by atoms with van der Waals surface area (Å²) in [4.78, 5) is 56.2. The minimum absolute atomic E-state index is 0.0664. The Bertz CT molecular complexity index is 1090. The van der Waals surface area contributed by atoms with Gasteiger partial charge in [0.1, 0.15) is 5.75 Å². The van der Waals surface area contributed by atoms with Crippen molar-refractivity contribution in [3.05, 3.63) is 42.0 Å². The van der Waals surface area contributed by atoms with Crippen LogP contribution in [0, 0.1) is 0 Å². The molecule has 1 unspecified atom stereocenters. The van der Waals surface area contributed by atoms with Gasteiger partial charge in [0, 0.05) is 32.1 Å². The number of nitrogens with one attached hydrogen (secondary N) is 1. The van der Waals surface area contributed by atoms with Gasteiger partial charge in [0.15, 0.2) is 11.8 Å². The van der Waals surface area contributed by atoms with Crippen molar-refractivity contribution in [1.29, 1.82) is 0 Å². The van der Waals surface area contributed by atoms with Gasteiger partial charge in [-0.05, 0) is 58.2 Å². The van der Waals surface area contributed by atoms with Gasteiger partial charge in [-0.3, -0.25) is 15.0 Å². The smallest absolute Gasteiger partial charge is 0.389 e. The summed E-state index contributed by atoms with van der Waals surface area (Å²) in [5.74, 6) is -1.70. The zero-order valence-electron chi connectivity index (χ0n) is 23.8. The van der Waals surface area contributed by atoms with E-state index in [2.05, 4.69) is 5.32 Å². The molecule has 41 heavy (non-hydrogen) atoms. The molecular weight excluding hydrogens is 549 g/mol. The molecule has 1 saturated heterocycles. The van der Waals surface area contributed by atoms with Crippen LogP contribution in [-0.2, 0) is 30.4 Å². The highest BCUT2D eigenvalue weighted by molar-refractivity contribution is 5.99. The maximum absolute atomic E-state index is 13.2. The molecule has 1 aliphatic heterocycles. The molecule has 1 aromatic rings. The molecule has 14 heteroatoms. The van der Waals surface area contributed by atoms with E-state index in [1.807, 2.05) is 0 Å². The Balaban J connectivity index is 2.13. The van der Waals surface area contributed by atoms with Crippen molar-refractivity contribution in [2.24, 2.45) is 0 Å². The number of halogens is 3. The molecule has 0 spiro atoms. The van der Waals surface area contributed by atoms with Crippen LogP contribution in [0.2, 0.25) is 0 Å². The predicted octanol–water partition coefficient (Wildman–Crippen LogP) is 3.74. The van der Waals surface area contributed by atoms with E-state index in [1.165, 1.54) is 11.1 Å². The molecule has 3 amide bonds. The van der Waals surface area contributed by atoms with Gasteiger partial charge in [-0.2, -0.15) is 18.2 Å². The molecule has 0 aliphatic carbocycles. The first kappa shape index (κ1) is 33.6. The number of carbonyl (C=O) groups excluding carboxylic acids is 4. The highest BCUT2D eigenvalue weighted by atomic mass is 19.4. The van der Waals surface area contributed by atoms with Crippen LogP contribution in [0.4, 0.5) is 18.0 Å². The minimum Gasteiger partial charge on any atom is -0.476 e. The van der Waals surface area contributed by atoms with Crippen LogP contribution < -0.4 is 10.1 Å². The van der Waals surface area contributed by atoms with Crippen LogP contribution in [0.5, 0.6) is 5.75 Å². The SMILES string of the molecule is CC=CC(=O)ON1C(=O)N(CCCC(F)(F)F)C(=O)C(NCCc2ccc(OC(C)(C)C(=O)OCC)cc2)N1CC. The quantitative estimate of drug-likeness (QED) is 0.257. The third-order valence-electron chi connectivity index (χ3n) is 5.89. The molecule has 11 nitrogen and oxygen atoms in total. The molecule has 0 radical (unpaired) electrons. The van der Waals surface area contributed by atoms with E-state index in [1.54, 1.807) is 58.9 Å². The zero-order valence-corrected chi connectivity index (χ0v) is 23.8. The number of benzene rings is 1. The number of carbonyl (C=O) groups is 4. The minimum atomic E-state index is -4.46. The molecule has 1 aliphatic rings.